The Hall–Kier alpha value is -2.80. The molecule has 7 heteroatoms. The fourth-order valence-electron chi connectivity index (χ4n) is 2.72. The molecule has 27 heavy (non-hydrogen) atoms. The van der Waals surface area contributed by atoms with Crippen molar-refractivity contribution in [2.45, 2.75) is 19.8 Å². The van der Waals surface area contributed by atoms with Crippen LogP contribution < -0.4 is 19.5 Å². The summed E-state index contributed by atoms with van der Waals surface area (Å²) in [6.45, 7) is 3.88. The molecule has 4 rings (SSSR count). The highest BCUT2D eigenvalue weighted by atomic mass is 32.1. The van der Waals surface area contributed by atoms with Crippen molar-refractivity contribution >= 4 is 32.6 Å². The molecule has 0 unspecified atom stereocenters. The van der Waals surface area contributed by atoms with E-state index in [2.05, 4.69) is 17.2 Å². The maximum absolute atomic E-state index is 12.5. The fraction of sp³-hybridized carbons (Fsp3) is 0.300. The number of amides is 1. The van der Waals surface area contributed by atoms with Gasteiger partial charge in [0.1, 0.15) is 19.0 Å². The largest absolute Gasteiger partial charge is 0.494 e. The molecule has 1 amide bonds. The van der Waals surface area contributed by atoms with Gasteiger partial charge in [-0.1, -0.05) is 24.7 Å². The molecule has 0 fully saturated rings. The van der Waals surface area contributed by atoms with Gasteiger partial charge in [0, 0.05) is 17.7 Å². The Morgan fingerprint density at radius 3 is 2.67 bits per heavy atom. The number of fused-ring (bicyclic) bond motifs is 2. The van der Waals surface area contributed by atoms with Crippen LogP contribution in [-0.4, -0.2) is 30.7 Å². The van der Waals surface area contributed by atoms with Crippen LogP contribution in [-0.2, 0) is 0 Å². The summed E-state index contributed by atoms with van der Waals surface area (Å²) in [7, 11) is 0. The summed E-state index contributed by atoms with van der Waals surface area (Å²) < 4.78 is 17.7. The summed E-state index contributed by atoms with van der Waals surface area (Å²) in [5, 5.41) is 3.40. The van der Waals surface area contributed by atoms with Crippen LogP contribution in [0.4, 0.5) is 5.13 Å². The Morgan fingerprint density at radius 2 is 1.93 bits per heavy atom. The number of rotatable bonds is 6. The second-order valence-electron chi connectivity index (χ2n) is 6.16. The lowest BCUT2D eigenvalue weighted by Crippen LogP contribution is -2.15. The SMILES string of the molecule is CCCCOc1ccc(C(=O)Nc2nc3cc4c(cc3s2)OCCO4)cc1. The van der Waals surface area contributed by atoms with E-state index < -0.39 is 0 Å². The van der Waals surface area contributed by atoms with Gasteiger partial charge in [-0.3, -0.25) is 10.1 Å². The summed E-state index contributed by atoms with van der Waals surface area (Å²) in [6.07, 6.45) is 2.10. The number of hydrogen-bond acceptors (Lipinski definition) is 6. The first-order valence-electron chi connectivity index (χ1n) is 8.97. The highest BCUT2D eigenvalue weighted by Crippen LogP contribution is 2.37. The van der Waals surface area contributed by atoms with Crippen LogP contribution in [0.5, 0.6) is 17.2 Å². The number of aromatic nitrogens is 1. The number of nitrogens with one attached hydrogen (secondary N) is 1. The quantitative estimate of drug-likeness (QED) is 0.634. The van der Waals surface area contributed by atoms with E-state index in [4.69, 9.17) is 14.2 Å². The molecule has 140 valence electrons. The lowest BCUT2D eigenvalue weighted by atomic mass is 10.2. The average Bonchev–Trinajstić information content (AvgIpc) is 3.07. The molecule has 0 radical (unpaired) electrons. The molecule has 0 bridgehead atoms. The molecule has 0 atom stereocenters. The molecule has 1 N–H and O–H groups in total. The normalized spacial score (nSPS) is 12.8. The van der Waals surface area contributed by atoms with Gasteiger partial charge in [0.2, 0.25) is 0 Å². The average molecular weight is 384 g/mol. The topological polar surface area (TPSA) is 69.7 Å². The third kappa shape index (κ3) is 3.98. The summed E-state index contributed by atoms with van der Waals surface area (Å²) in [5.74, 6) is 1.97. The molecule has 1 aromatic heterocycles. The minimum atomic E-state index is -0.202. The van der Waals surface area contributed by atoms with Crippen LogP contribution in [0.1, 0.15) is 30.1 Å². The number of nitrogens with zero attached hydrogens (tertiary/aromatic N) is 1. The van der Waals surface area contributed by atoms with Crippen LogP contribution in [0.2, 0.25) is 0 Å². The zero-order chi connectivity index (χ0) is 18.6. The van der Waals surface area contributed by atoms with Gasteiger partial charge in [0.05, 0.1) is 16.8 Å². The maximum atomic E-state index is 12.5. The monoisotopic (exact) mass is 384 g/mol. The number of hydrogen-bond donors (Lipinski definition) is 1. The minimum Gasteiger partial charge on any atom is -0.494 e. The van der Waals surface area contributed by atoms with Gasteiger partial charge in [-0.15, -0.1) is 0 Å². The second-order valence-corrected chi connectivity index (χ2v) is 7.19. The number of anilines is 1. The molecular weight excluding hydrogens is 364 g/mol. The molecule has 6 nitrogen and oxygen atoms in total. The van der Waals surface area contributed by atoms with E-state index in [0.717, 1.165) is 28.8 Å². The molecule has 3 aromatic rings. The smallest absolute Gasteiger partial charge is 0.257 e. The van der Waals surface area contributed by atoms with E-state index in [9.17, 15) is 4.79 Å². The number of benzene rings is 2. The predicted molar refractivity (Wildman–Crippen MR) is 105 cm³/mol. The Balaban J connectivity index is 1.46. The zero-order valence-corrected chi connectivity index (χ0v) is 15.8. The highest BCUT2D eigenvalue weighted by Gasteiger charge is 2.16. The minimum absolute atomic E-state index is 0.202. The molecule has 0 saturated heterocycles. The fourth-order valence-corrected chi connectivity index (χ4v) is 3.60. The van der Waals surface area contributed by atoms with Gasteiger partial charge in [0.15, 0.2) is 16.6 Å². The molecule has 0 spiro atoms. The number of carbonyl (C=O) groups excluding carboxylic acids is 1. The van der Waals surface area contributed by atoms with E-state index in [1.165, 1.54) is 11.3 Å². The third-order valence-electron chi connectivity index (χ3n) is 4.16. The van der Waals surface area contributed by atoms with Crippen molar-refractivity contribution < 1.29 is 19.0 Å². The Morgan fingerprint density at radius 1 is 1.19 bits per heavy atom. The number of unbranched alkanes of at least 4 members (excludes halogenated alkanes) is 1. The van der Waals surface area contributed by atoms with Crippen LogP contribution in [0.15, 0.2) is 36.4 Å². The molecule has 2 heterocycles. The van der Waals surface area contributed by atoms with Crippen LogP contribution in [0.25, 0.3) is 10.2 Å². The maximum Gasteiger partial charge on any atom is 0.257 e. The molecule has 2 aromatic carbocycles. The lowest BCUT2D eigenvalue weighted by Gasteiger charge is -2.17. The second kappa shape index (κ2) is 7.84. The Kier molecular flexibility index (Phi) is 5.11. The van der Waals surface area contributed by atoms with Crippen LogP contribution in [0.3, 0.4) is 0 Å². The Bertz CT molecular complexity index is 910. The van der Waals surface area contributed by atoms with Crippen LogP contribution in [0, 0.1) is 0 Å². The third-order valence-corrected chi connectivity index (χ3v) is 5.09. The van der Waals surface area contributed by atoms with E-state index in [-0.39, 0.29) is 5.91 Å². The van der Waals surface area contributed by atoms with Crippen molar-refractivity contribution in [3.8, 4) is 17.2 Å². The van der Waals surface area contributed by atoms with Crippen molar-refractivity contribution in [1.82, 2.24) is 4.98 Å². The van der Waals surface area contributed by atoms with E-state index in [1.807, 2.05) is 24.3 Å². The summed E-state index contributed by atoms with van der Waals surface area (Å²) in [6, 6.07) is 10.9. The standard InChI is InChI=1S/C20H20N2O4S/c1-2-3-8-24-14-6-4-13(5-7-14)19(23)22-20-21-15-11-16-17(12-18(15)27-20)26-10-9-25-16/h4-7,11-12H,2-3,8-10H2,1H3,(H,21,22,23). The van der Waals surface area contributed by atoms with Gasteiger partial charge >= 0.3 is 0 Å². The van der Waals surface area contributed by atoms with E-state index in [1.54, 1.807) is 12.1 Å². The first-order chi connectivity index (χ1) is 13.2. The van der Waals surface area contributed by atoms with Crippen molar-refractivity contribution in [3.05, 3.63) is 42.0 Å². The number of ether oxygens (including phenoxy) is 3. The van der Waals surface area contributed by atoms with Gasteiger partial charge in [0.25, 0.3) is 5.91 Å². The van der Waals surface area contributed by atoms with Crippen molar-refractivity contribution in [1.29, 1.82) is 0 Å². The first kappa shape index (κ1) is 17.6. The number of carbonyl (C=O) groups is 1. The summed E-state index contributed by atoms with van der Waals surface area (Å²) >= 11 is 1.41. The van der Waals surface area contributed by atoms with Crippen molar-refractivity contribution in [3.63, 3.8) is 0 Å². The summed E-state index contributed by atoms with van der Waals surface area (Å²) in [5.41, 5.74) is 1.34. The first-order valence-corrected chi connectivity index (χ1v) is 9.79. The number of thiazole rings is 1. The molecule has 0 aliphatic carbocycles. The molecule has 0 saturated carbocycles. The van der Waals surface area contributed by atoms with Crippen LogP contribution >= 0.6 is 11.3 Å². The predicted octanol–water partition coefficient (Wildman–Crippen LogP) is 4.50. The van der Waals surface area contributed by atoms with Crippen molar-refractivity contribution in [2.75, 3.05) is 25.1 Å². The Labute approximate surface area is 161 Å². The van der Waals surface area contributed by atoms with E-state index >= 15 is 0 Å². The molecular formula is C20H20N2O4S. The van der Waals surface area contributed by atoms with Gasteiger partial charge in [-0.05, 0) is 30.7 Å². The zero-order valence-electron chi connectivity index (χ0n) is 15.0. The van der Waals surface area contributed by atoms with Gasteiger partial charge in [-0.25, -0.2) is 4.98 Å². The summed E-state index contributed by atoms with van der Waals surface area (Å²) in [4.78, 5) is 17.0. The molecule has 1 aliphatic rings. The van der Waals surface area contributed by atoms with Gasteiger partial charge in [-0.2, -0.15) is 0 Å². The van der Waals surface area contributed by atoms with Gasteiger partial charge < -0.3 is 14.2 Å². The van der Waals surface area contributed by atoms with Crippen molar-refractivity contribution in [2.24, 2.45) is 0 Å². The van der Waals surface area contributed by atoms with E-state index in [0.29, 0.717) is 42.0 Å². The lowest BCUT2D eigenvalue weighted by molar-refractivity contribution is 0.102. The highest BCUT2D eigenvalue weighted by molar-refractivity contribution is 7.22. The molecule has 1 aliphatic heterocycles.